The molecule has 0 heterocycles. The van der Waals surface area contributed by atoms with Gasteiger partial charge in [-0.1, -0.05) is 32.9 Å². The van der Waals surface area contributed by atoms with Gasteiger partial charge in [0.1, 0.15) is 5.75 Å². The van der Waals surface area contributed by atoms with Gasteiger partial charge in [-0.25, -0.2) is 0 Å². The van der Waals surface area contributed by atoms with Crippen LogP contribution in [0.25, 0.3) is 0 Å². The van der Waals surface area contributed by atoms with Crippen LogP contribution in [0.15, 0.2) is 24.3 Å². The van der Waals surface area contributed by atoms with Gasteiger partial charge < -0.3 is 10.5 Å². The lowest BCUT2D eigenvalue weighted by Crippen LogP contribution is -2.39. The standard InChI is InChI=1S/C16H28N2O/c1-6-18(12-16(3,4)11-17)13(2)14-8-7-9-15(10-14)19-5/h7-10,13H,6,11-12,17H2,1-5H3. The number of ether oxygens (including phenoxy) is 1. The predicted octanol–water partition coefficient (Wildman–Crippen LogP) is 3.06. The molecule has 2 N–H and O–H groups in total. The number of hydrogen-bond donors (Lipinski definition) is 1. The van der Waals surface area contributed by atoms with Gasteiger partial charge in [0.15, 0.2) is 0 Å². The van der Waals surface area contributed by atoms with Crippen LogP contribution in [0.4, 0.5) is 0 Å². The summed E-state index contributed by atoms with van der Waals surface area (Å²) in [6.45, 7) is 11.6. The number of nitrogens with zero attached hydrogens (tertiary/aromatic N) is 1. The van der Waals surface area contributed by atoms with Crippen LogP contribution in [-0.2, 0) is 0 Å². The molecule has 1 aromatic rings. The van der Waals surface area contributed by atoms with Crippen molar-refractivity contribution in [1.82, 2.24) is 4.90 Å². The molecule has 0 fully saturated rings. The van der Waals surface area contributed by atoms with Crippen LogP contribution < -0.4 is 10.5 Å². The summed E-state index contributed by atoms with van der Waals surface area (Å²) in [7, 11) is 1.71. The van der Waals surface area contributed by atoms with Gasteiger partial charge in [0.25, 0.3) is 0 Å². The van der Waals surface area contributed by atoms with E-state index in [9.17, 15) is 0 Å². The van der Waals surface area contributed by atoms with E-state index in [0.29, 0.717) is 12.6 Å². The van der Waals surface area contributed by atoms with Crippen molar-refractivity contribution < 1.29 is 4.74 Å². The molecule has 0 aromatic heterocycles. The Morgan fingerprint density at radius 2 is 2.05 bits per heavy atom. The number of hydrogen-bond acceptors (Lipinski definition) is 3. The van der Waals surface area contributed by atoms with Gasteiger partial charge in [-0.2, -0.15) is 0 Å². The average molecular weight is 264 g/mol. The van der Waals surface area contributed by atoms with E-state index in [1.165, 1.54) is 5.56 Å². The highest BCUT2D eigenvalue weighted by Crippen LogP contribution is 2.26. The van der Waals surface area contributed by atoms with Crippen LogP contribution in [0.5, 0.6) is 5.75 Å². The smallest absolute Gasteiger partial charge is 0.119 e. The minimum Gasteiger partial charge on any atom is -0.497 e. The normalized spacial score (nSPS) is 13.6. The van der Waals surface area contributed by atoms with Crippen molar-refractivity contribution in [3.63, 3.8) is 0 Å². The van der Waals surface area contributed by atoms with Crippen LogP contribution in [0, 0.1) is 5.41 Å². The van der Waals surface area contributed by atoms with Gasteiger partial charge in [0.2, 0.25) is 0 Å². The molecule has 0 bridgehead atoms. The van der Waals surface area contributed by atoms with Crippen molar-refractivity contribution in [3.05, 3.63) is 29.8 Å². The predicted molar refractivity (Wildman–Crippen MR) is 81.5 cm³/mol. The molecule has 0 saturated carbocycles. The lowest BCUT2D eigenvalue weighted by molar-refractivity contribution is 0.147. The van der Waals surface area contributed by atoms with Gasteiger partial charge in [0, 0.05) is 12.6 Å². The van der Waals surface area contributed by atoms with E-state index in [1.54, 1.807) is 7.11 Å². The number of methoxy groups -OCH3 is 1. The first kappa shape index (κ1) is 16.0. The monoisotopic (exact) mass is 264 g/mol. The molecule has 0 spiro atoms. The summed E-state index contributed by atoms with van der Waals surface area (Å²) in [6, 6.07) is 8.67. The zero-order chi connectivity index (χ0) is 14.5. The third-order valence-electron chi connectivity index (χ3n) is 3.71. The molecule has 19 heavy (non-hydrogen) atoms. The van der Waals surface area contributed by atoms with E-state index in [4.69, 9.17) is 10.5 Å². The summed E-state index contributed by atoms with van der Waals surface area (Å²) in [5.41, 5.74) is 7.28. The van der Waals surface area contributed by atoms with Crippen LogP contribution >= 0.6 is 0 Å². The molecule has 0 saturated heterocycles. The molecule has 0 aliphatic heterocycles. The summed E-state index contributed by atoms with van der Waals surface area (Å²) >= 11 is 0. The van der Waals surface area contributed by atoms with Gasteiger partial charge in [-0.3, -0.25) is 4.90 Å². The molecule has 1 aromatic carbocycles. The van der Waals surface area contributed by atoms with Crippen LogP contribution in [0.3, 0.4) is 0 Å². The lowest BCUT2D eigenvalue weighted by Gasteiger charge is -2.35. The minimum atomic E-state index is 0.142. The molecule has 3 nitrogen and oxygen atoms in total. The molecular weight excluding hydrogens is 236 g/mol. The Bertz CT molecular complexity index is 390. The van der Waals surface area contributed by atoms with Crippen molar-refractivity contribution in [2.75, 3.05) is 26.7 Å². The van der Waals surface area contributed by atoms with E-state index >= 15 is 0 Å². The van der Waals surface area contributed by atoms with Crippen molar-refractivity contribution in [2.24, 2.45) is 11.1 Å². The Balaban J connectivity index is 2.85. The SMILES string of the molecule is CCN(CC(C)(C)CN)C(C)c1cccc(OC)c1. The summed E-state index contributed by atoms with van der Waals surface area (Å²) in [5.74, 6) is 0.915. The van der Waals surface area contributed by atoms with Crippen LogP contribution in [0.2, 0.25) is 0 Å². The molecule has 0 amide bonds. The van der Waals surface area contributed by atoms with E-state index < -0.39 is 0 Å². The fourth-order valence-corrected chi connectivity index (χ4v) is 2.25. The zero-order valence-electron chi connectivity index (χ0n) is 12.9. The largest absolute Gasteiger partial charge is 0.497 e. The van der Waals surface area contributed by atoms with Crippen LogP contribution in [-0.4, -0.2) is 31.6 Å². The van der Waals surface area contributed by atoms with Crippen LogP contribution in [0.1, 0.15) is 39.3 Å². The Morgan fingerprint density at radius 3 is 2.58 bits per heavy atom. The number of nitrogens with two attached hydrogens (primary N) is 1. The summed E-state index contributed by atoms with van der Waals surface area (Å²) in [6.07, 6.45) is 0. The molecule has 0 aliphatic rings. The maximum absolute atomic E-state index is 5.85. The van der Waals surface area contributed by atoms with E-state index in [-0.39, 0.29) is 5.41 Å². The highest BCUT2D eigenvalue weighted by molar-refractivity contribution is 5.30. The first-order chi connectivity index (χ1) is 8.93. The van der Waals surface area contributed by atoms with Gasteiger partial charge in [-0.15, -0.1) is 0 Å². The quantitative estimate of drug-likeness (QED) is 0.822. The molecule has 0 radical (unpaired) electrons. The summed E-state index contributed by atoms with van der Waals surface area (Å²) < 4.78 is 5.30. The van der Waals surface area contributed by atoms with E-state index in [0.717, 1.165) is 18.8 Å². The molecular formula is C16H28N2O. The molecule has 108 valence electrons. The third-order valence-corrected chi connectivity index (χ3v) is 3.71. The Labute approximate surface area is 117 Å². The highest BCUT2D eigenvalue weighted by atomic mass is 16.5. The highest BCUT2D eigenvalue weighted by Gasteiger charge is 2.23. The topological polar surface area (TPSA) is 38.5 Å². The first-order valence-electron chi connectivity index (χ1n) is 7.01. The maximum Gasteiger partial charge on any atom is 0.119 e. The summed E-state index contributed by atoms with van der Waals surface area (Å²) in [5, 5.41) is 0. The molecule has 1 rings (SSSR count). The van der Waals surface area contributed by atoms with Gasteiger partial charge in [-0.05, 0) is 43.1 Å². The van der Waals surface area contributed by atoms with E-state index in [1.807, 2.05) is 12.1 Å². The second-order valence-electron chi connectivity index (χ2n) is 5.88. The van der Waals surface area contributed by atoms with Gasteiger partial charge in [0.05, 0.1) is 7.11 Å². The second-order valence-corrected chi connectivity index (χ2v) is 5.88. The maximum atomic E-state index is 5.85. The van der Waals surface area contributed by atoms with E-state index in [2.05, 4.69) is 44.7 Å². The first-order valence-corrected chi connectivity index (χ1v) is 7.01. The third kappa shape index (κ3) is 4.51. The van der Waals surface area contributed by atoms with Crippen molar-refractivity contribution in [1.29, 1.82) is 0 Å². The zero-order valence-corrected chi connectivity index (χ0v) is 12.9. The molecule has 1 atom stereocenters. The Morgan fingerprint density at radius 1 is 1.37 bits per heavy atom. The Hall–Kier alpha value is -1.06. The lowest BCUT2D eigenvalue weighted by atomic mass is 9.92. The Kier molecular flexibility index (Phi) is 5.83. The molecule has 0 aliphatic carbocycles. The summed E-state index contributed by atoms with van der Waals surface area (Å²) in [4.78, 5) is 2.46. The molecule has 3 heteroatoms. The van der Waals surface area contributed by atoms with Crippen molar-refractivity contribution in [2.45, 2.75) is 33.7 Å². The number of rotatable bonds is 7. The van der Waals surface area contributed by atoms with Crippen molar-refractivity contribution >= 4 is 0 Å². The fourth-order valence-electron chi connectivity index (χ4n) is 2.25. The molecule has 1 unspecified atom stereocenters. The average Bonchev–Trinajstić information content (AvgIpc) is 2.44. The number of benzene rings is 1. The second kappa shape index (κ2) is 6.92. The fraction of sp³-hybridized carbons (Fsp3) is 0.625. The van der Waals surface area contributed by atoms with Gasteiger partial charge >= 0.3 is 0 Å². The minimum absolute atomic E-state index is 0.142. The van der Waals surface area contributed by atoms with Crippen molar-refractivity contribution in [3.8, 4) is 5.75 Å².